The van der Waals surface area contributed by atoms with E-state index in [-0.39, 0.29) is 24.7 Å². The van der Waals surface area contributed by atoms with Crippen LogP contribution in [0.3, 0.4) is 0 Å². The molecule has 0 radical (unpaired) electrons. The van der Waals surface area contributed by atoms with E-state index in [1.54, 1.807) is 0 Å². The van der Waals surface area contributed by atoms with Crippen LogP contribution in [0.25, 0.3) is 0 Å². The maximum absolute atomic E-state index is 11.8. The van der Waals surface area contributed by atoms with Crippen LogP contribution in [0.15, 0.2) is 24.3 Å². The van der Waals surface area contributed by atoms with E-state index < -0.39 is 0 Å². The van der Waals surface area contributed by atoms with Gasteiger partial charge < -0.3 is 15.4 Å². The lowest BCUT2D eigenvalue weighted by Gasteiger charge is -2.26. The van der Waals surface area contributed by atoms with Gasteiger partial charge in [0.05, 0.1) is 6.10 Å². The van der Waals surface area contributed by atoms with Crippen molar-refractivity contribution in [1.29, 1.82) is 0 Å². The normalized spacial score (nSPS) is 18.8. The Morgan fingerprint density at radius 1 is 1.50 bits per heavy atom. The van der Waals surface area contributed by atoms with Crippen LogP contribution in [-0.4, -0.2) is 31.2 Å². The summed E-state index contributed by atoms with van der Waals surface area (Å²) >= 11 is 0. The Labute approximate surface area is 120 Å². The smallest absolute Gasteiger partial charge is 0.246 e. The minimum Gasteiger partial charge on any atom is -0.382 e. The molecule has 0 aromatic heterocycles. The van der Waals surface area contributed by atoms with Crippen LogP contribution in [0, 0.1) is 0 Å². The Hall–Kier alpha value is -1.55. The second kappa shape index (κ2) is 7.29. The Morgan fingerprint density at radius 3 is 3.10 bits per heavy atom. The van der Waals surface area contributed by atoms with Gasteiger partial charge in [-0.3, -0.25) is 4.79 Å². The number of fused-ring (bicyclic) bond motifs is 1. The molecule has 2 rings (SSSR count). The first-order valence-corrected chi connectivity index (χ1v) is 7.41. The minimum atomic E-state index is -0.0233. The molecule has 1 amide bonds. The Balaban J connectivity index is 1.74. The molecule has 110 valence electrons. The molecular formula is C16H24N2O2. The maximum Gasteiger partial charge on any atom is 0.246 e. The summed E-state index contributed by atoms with van der Waals surface area (Å²) in [5.41, 5.74) is 2.43. The fourth-order valence-electron chi connectivity index (χ4n) is 2.55. The third-order valence-electron chi connectivity index (χ3n) is 3.56. The summed E-state index contributed by atoms with van der Waals surface area (Å²) in [6, 6.07) is 8.45. The molecule has 0 aliphatic carbocycles. The van der Waals surface area contributed by atoms with Crippen LogP contribution < -0.4 is 10.6 Å². The summed E-state index contributed by atoms with van der Waals surface area (Å²) in [7, 11) is 0. The minimum absolute atomic E-state index is 0.0233. The number of carbonyl (C=O) groups is 1. The average molecular weight is 276 g/mol. The number of hydrogen-bond donors (Lipinski definition) is 2. The molecule has 1 aromatic rings. The summed E-state index contributed by atoms with van der Waals surface area (Å²) in [6.45, 7) is 5.04. The molecule has 0 saturated carbocycles. The number of amides is 1. The number of anilines is 1. The highest BCUT2D eigenvalue weighted by Gasteiger charge is 2.19. The van der Waals surface area contributed by atoms with E-state index in [9.17, 15) is 4.79 Å². The van der Waals surface area contributed by atoms with Gasteiger partial charge in [0.2, 0.25) is 5.91 Å². The molecule has 2 unspecified atom stereocenters. The van der Waals surface area contributed by atoms with Crippen molar-refractivity contribution >= 4 is 11.6 Å². The molecule has 0 saturated heterocycles. The number of hydrogen-bond acceptors (Lipinski definition) is 3. The molecule has 4 nitrogen and oxygen atoms in total. The average Bonchev–Trinajstić information content (AvgIpc) is 2.45. The molecule has 0 spiro atoms. The van der Waals surface area contributed by atoms with Crippen LogP contribution in [0.2, 0.25) is 0 Å². The molecule has 0 bridgehead atoms. The Morgan fingerprint density at radius 2 is 2.30 bits per heavy atom. The second-order valence-corrected chi connectivity index (χ2v) is 5.43. The van der Waals surface area contributed by atoms with Gasteiger partial charge in [-0.2, -0.15) is 0 Å². The lowest BCUT2D eigenvalue weighted by atomic mass is 10.0. The highest BCUT2D eigenvalue weighted by atomic mass is 16.5. The standard InChI is InChI=1S/C16H24N2O2/c1-3-6-12(2)18-16(19)11-20-14-9-13-7-4-5-8-15(13)17-10-14/h4-5,7-8,12,14,17H,3,6,9-11H2,1-2H3,(H,18,19). The molecule has 2 N–H and O–H groups in total. The van der Waals surface area contributed by atoms with Gasteiger partial charge >= 0.3 is 0 Å². The van der Waals surface area contributed by atoms with E-state index in [1.165, 1.54) is 11.3 Å². The van der Waals surface area contributed by atoms with Gasteiger partial charge in [0.1, 0.15) is 6.61 Å². The van der Waals surface area contributed by atoms with Crippen molar-refractivity contribution in [1.82, 2.24) is 5.32 Å². The molecule has 0 fully saturated rings. The fourth-order valence-corrected chi connectivity index (χ4v) is 2.55. The number of rotatable bonds is 6. The lowest BCUT2D eigenvalue weighted by Crippen LogP contribution is -2.38. The predicted octanol–water partition coefficient (Wildman–Crippen LogP) is 2.34. The number of para-hydroxylation sites is 1. The van der Waals surface area contributed by atoms with E-state index in [2.05, 4.69) is 29.7 Å². The van der Waals surface area contributed by atoms with Crippen molar-refractivity contribution < 1.29 is 9.53 Å². The fraction of sp³-hybridized carbons (Fsp3) is 0.562. The summed E-state index contributed by atoms with van der Waals surface area (Å²) in [5.74, 6) is -0.0233. The quantitative estimate of drug-likeness (QED) is 0.838. The van der Waals surface area contributed by atoms with E-state index >= 15 is 0 Å². The molecule has 1 aromatic carbocycles. The zero-order valence-corrected chi connectivity index (χ0v) is 12.3. The summed E-state index contributed by atoms with van der Waals surface area (Å²) < 4.78 is 5.71. The molecule has 1 aliphatic heterocycles. The second-order valence-electron chi connectivity index (χ2n) is 5.43. The van der Waals surface area contributed by atoms with Gasteiger partial charge in [0.15, 0.2) is 0 Å². The van der Waals surface area contributed by atoms with Gasteiger partial charge in [0.25, 0.3) is 0 Å². The largest absolute Gasteiger partial charge is 0.382 e. The molecular weight excluding hydrogens is 252 g/mol. The van der Waals surface area contributed by atoms with Crippen LogP contribution >= 0.6 is 0 Å². The SMILES string of the molecule is CCCC(C)NC(=O)COC1CNc2ccccc2C1. The van der Waals surface area contributed by atoms with E-state index in [4.69, 9.17) is 4.74 Å². The maximum atomic E-state index is 11.8. The summed E-state index contributed by atoms with van der Waals surface area (Å²) in [5, 5.41) is 6.30. The van der Waals surface area contributed by atoms with Gasteiger partial charge in [0, 0.05) is 24.7 Å². The number of ether oxygens (including phenoxy) is 1. The van der Waals surface area contributed by atoms with Crippen molar-refractivity contribution in [2.75, 3.05) is 18.5 Å². The molecule has 1 aliphatic rings. The van der Waals surface area contributed by atoms with E-state index in [0.29, 0.717) is 0 Å². The van der Waals surface area contributed by atoms with Gasteiger partial charge in [-0.25, -0.2) is 0 Å². The van der Waals surface area contributed by atoms with Crippen molar-refractivity contribution in [3.63, 3.8) is 0 Å². The van der Waals surface area contributed by atoms with Crippen LogP contribution in [0.4, 0.5) is 5.69 Å². The first-order chi connectivity index (χ1) is 9.69. The van der Waals surface area contributed by atoms with Crippen LogP contribution in [0.1, 0.15) is 32.3 Å². The number of carbonyl (C=O) groups excluding carboxylic acids is 1. The molecule has 1 heterocycles. The van der Waals surface area contributed by atoms with Crippen molar-refractivity contribution in [3.8, 4) is 0 Å². The van der Waals surface area contributed by atoms with Crippen LogP contribution in [-0.2, 0) is 16.0 Å². The number of nitrogens with one attached hydrogen (secondary N) is 2. The van der Waals surface area contributed by atoms with Crippen molar-refractivity contribution in [3.05, 3.63) is 29.8 Å². The highest BCUT2D eigenvalue weighted by molar-refractivity contribution is 5.77. The predicted molar refractivity (Wildman–Crippen MR) is 80.9 cm³/mol. The van der Waals surface area contributed by atoms with Gasteiger partial charge in [-0.1, -0.05) is 31.5 Å². The third-order valence-corrected chi connectivity index (χ3v) is 3.56. The summed E-state index contributed by atoms with van der Waals surface area (Å²) in [6.07, 6.45) is 3.01. The van der Waals surface area contributed by atoms with Crippen molar-refractivity contribution in [2.24, 2.45) is 0 Å². The first-order valence-electron chi connectivity index (χ1n) is 7.41. The first kappa shape index (κ1) is 14.9. The van der Waals surface area contributed by atoms with E-state index in [0.717, 1.165) is 25.8 Å². The van der Waals surface area contributed by atoms with Crippen LogP contribution in [0.5, 0.6) is 0 Å². The Kier molecular flexibility index (Phi) is 5.41. The zero-order chi connectivity index (χ0) is 14.4. The van der Waals surface area contributed by atoms with Crippen molar-refractivity contribution in [2.45, 2.75) is 45.3 Å². The lowest BCUT2D eigenvalue weighted by molar-refractivity contribution is -0.128. The monoisotopic (exact) mass is 276 g/mol. The van der Waals surface area contributed by atoms with Gasteiger partial charge in [-0.05, 0) is 25.0 Å². The highest BCUT2D eigenvalue weighted by Crippen LogP contribution is 2.22. The van der Waals surface area contributed by atoms with E-state index in [1.807, 2.05) is 19.1 Å². The Bertz CT molecular complexity index is 448. The third kappa shape index (κ3) is 4.23. The topological polar surface area (TPSA) is 50.4 Å². The van der Waals surface area contributed by atoms with Gasteiger partial charge in [-0.15, -0.1) is 0 Å². The molecule has 4 heteroatoms. The number of benzene rings is 1. The summed E-state index contributed by atoms with van der Waals surface area (Å²) in [4.78, 5) is 11.8. The molecule has 20 heavy (non-hydrogen) atoms. The molecule has 2 atom stereocenters. The zero-order valence-electron chi connectivity index (χ0n) is 12.3.